The van der Waals surface area contributed by atoms with E-state index >= 15 is 0 Å². The number of fused-ring (bicyclic) bond motifs is 3. The maximum Gasteiger partial charge on any atom is 0.143 e. The van der Waals surface area contributed by atoms with E-state index < -0.39 is 0 Å². The molecule has 0 bridgehead atoms. The van der Waals surface area contributed by atoms with Crippen LogP contribution < -0.4 is 0 Å². The summed E-state index contributed by atoms with van der Waals surface area (Å²) in [7, 11) is 0. The summed E-state index contributed by atoms with van der Waals surface area (Å²) < 4.78 is 0. The third kappa shape index (κ3) is 2.31. The highest BCUT2D eigenvalue weighted by Crippen LogP contribution is 2.30. The molecular weight excluding hydrogens is 298 g/mol. The van der Waals surface area contributed by atoms with Crippen molar-refractivity contribution in [2.24, 2.45) is 0 Å². The van der Waals surface area contributed by atoms with Crippen molar-refractivity contribution in [3.05, 3.63) is 60.2 Å². The molecule has 0 aliphatic carbocycles. The second-order valence-electron chi connectivity index (χ2n) is 7.10. The minimum Gasteiger partial charge on any atom is -0.506 e. The van der Waals surface area contributed by atoms with Gasteiger partial charge in [0.15, 0.2) is 0 Å². The van der Waals surface area contributed by atoms with Gasteiger partial charge in [0.2, 0.25) is 0 Å². The van der Waals surface area contributed by atoms with Crippen LogP contribution in [0.15, 0.2) is 54.6 Å². The normalized spacial score (nSPS) is 12.1. The summed E-state index contributed by atoms with van der Waals surface area (Å²) in [4.78, 5) is 1.53. The highest BCUT2D eigenvalue weighted by atomic mass is 16.3. The Morgan fingerprint density at radius 3 is 2.50 bits per heavy atom. The number of hydrogen-bond donors (Lipinski definition) is 1. The molecule has 1 aromatic heterocycles. The molecule has 0 aliphatic rings. The lowest BCUT2D eigenvalue weighted by atomic mass is 9.87. The van der Waals surface area contributed by atoms with Crippen LogP contribution in [0.3, 0.4) is 0 Å². The molecule has 0 aliphatic heterocycles. The largest absolute Gasteiger partial charge is 0.506 e. The number of phenols is 1. The van der Waals surface area contributed by atoms with Gasteiger partial charge >= 0.3 is 0 Å². The first-order valence-electron chi connectivity index (χ1n) is 8.02. The van der Waals surface area contributed by atoms with Crippen molar-refractivity contribution in [2.45, 2.75) is 26.2 Å². The summed E-state index contributed by atoms with van der Waals surface area (Å²) in [5.74, 6) is 0.174. The van der Waals surface area contributed by atoms with Gasteiger partial charge in [-0.3, -0.25) is 0 Å². The summed E-state index contributed by atoms with van der Waals surface area (Å²) >= 11 is 0. The lowest BCUT2D eigenvalue weighted by Crippen LogP contribution is -2.12. The molecule has 4 nitrogen and oxygen atoms in total. The van der Waals surface area contributed by atoms with Crippen molar-refractivity contribution in [1.29, 1.82) is 0 Å². The minimum atomic E-state index is -0.0122. The smallest absolute Gasteiger partial charge is 0.143 e. The molecule has 4 heteroatoms. The van der Waals surface area contributed by atoms with Gasteiger partial charge in [0.25, 0.3) is 0 Å². The second-order valence-corrected chi connectivity index (χ2v) is 7.10. The molecule has 4 rings (SSSR count). The molecule has 0 amide bonds. The van der Waals surface area contributed by atoms with Crippen molar-refractivity contribution < 1.29 is 5.11 Å². The Morgan fingerprint density at radius 2 is 1.71 bits per heavy atom. The third-order valence-corrected chi connectivity index (χ3v) is 4.33. The predicted molar refractivity (Wildman–Crippen MR) is 96.7 cm³/mol. The van der Waals surface area contributed by atoms with Gasteiger partial charge in [-0.25, -0.2) is 0 Å². The van der Waals surface area contributed by atoms with E-state index in [0.29, 0.717) is 5.69 Å². The average molecular weight is 317 g/mol. The van der Waals surface area contributed by atoms with Crippen LogP contribution in [0, 0.1) is 0 Å². The van der Waals surface area contributed by atoms with Gasteiger partial charge in [-0.2, -0.15) is 0 Å². The van der Waals surface area contributed by atoms with E-state index in [-0.39, 0.29) is 11.2 Å². The van der Waals surface area contributed by atoms with Crippen LogP contribution in [0.4, 0.5) is 0 Å². The minimum absolute atomic E-state index is 0.0122. The maximum atomic E-state index is 10.3. The van der Waals surface area contributed by atoms with Crippen molar-refractivity contribution in [2.75, 3.05) is 0 Å². The van der Waals surface area contributed by atoms with E-state index in [0.717, 1.165) is 27.4 Å². The number of rotatable bonds is 1. The number of aromatic hydroxyl groups is 1. The Morgan fingerprint density at radius 1 is 0.917 bits per heavy atom. The lowest BCUT2D eigenvalue weighted by molar-refractivity contribution is 0.466. The average Bonchev–Trinajstić information content (AvgIpc) is 2.98. The molecule has 0 saturated carbocycles. The maximum absolute atomic E-state index is 10.3. The first-order valence-corrected chi connectivity index (χ1v) is 8.02. The molecule has 0 atom stereocenters. The van der Waals surface area contributed by atoms with Gasteiger partial charge < -0.3 is 5.11 Å². The highest BCUT2D eigenvalue weighted by molar-refractivity contribution is 6.03. The SMILES string of the molecule is CC(C)(C)c1ccc(O)c(-n2nc3ccc4ccccc4c3n2)c1. The van der Waals surface area contributed by atoms with E-state index in [9.17, 15) is 5.11 Å². The quantitative estimate of drug-likeness (QED) is 0.559. The van der Waals surface area contributed by atoms with Crippen LogP contribution in [-0.2, 0) is 5.41 Å². The van der Waals surface area contributed by atoms with E-state index in [4.69, 9.17) is 0 Å². The van der Waals surface area contributed by atoms with Gasteiger partial charge in [-0.15, -0.1) is 15.0 Å². The molecule has 4 aromatic rings. The third-order valence-electron chi connectivity index (χ3n) is 4.33. The van der Waals surface area contributed by atoms with Gasteiger partial charge in [0.1, 0.15) is 22.5 Å². The summed E-state index contributed by atoms with van der Waals surface area (Å²) in [6.45, 7) is 6.43. The molecule has 1 N–H and O–H groups in total. The number of aromatic nitrogens is 3. The molecule has 1 heterocycles. The van der Waals surface area contributed by atoms with Crippen LogP contribution in [0.2, 0.25) is 0 Å². The molecule has 0 fully saturated rings. The molecule has 24 heavy (non-hydrogen) atoms. The summed E-state index contributed by atoms with van der Waals surface area (Å²) in [6, 6.07) is 17.7. The number of phenolic OH excluding ortho intramolecular Hbond substituents is 1. The van der Waals surface area contributed by atoms with Gasteiger partial charge in [-0.05, 0) is 34.6 Å². The fourth-order valence-electron chi connectivity index (χ4n) is 2.91. The van der Waals surface area contributed by atoms with Gasteiger partial charge in [0.05, 0.1) is 0 Å². The highest BCUT2D eigenvalue weighted by Gasteiger charge is 2.17. The summed E-state index contributed by atoms with van der Waals surface area (Å²) in [5, 5.41) is 21.7. The van der Waals surface area contributed by atoms with Crippen molar-refractivity contribution >= 4 is 21.8 Å². The lowest BCUT2D eigenvalue weighted by Gasteiger charge is -2.19. The van der Waals surface area contributed by atoms with Gasteiger partial charge in [0, 0.05) is 5.39 Å². The van der Waals surface area contributed by atoms with E-state index in [1.165, 1.54) is 4.80 Å². The summed E-state index contributed by atoms with van der Waals surface area (Å²) in [6.07, 6.45) is 0. The van der Waals surface area contributed by atoms with Crippen molar-refractivity contribution in [1.82, 2.24) is 15.0 Å². The Labute approximate surface area is 140 Å². The van der Waals surface area contributed by atoms with E-state index in [1.54, 1.807) is 6.07 Å². The fraction of sp³-hybridized carbons (Fsp3) is 0.200. The molecule has 120 valence electrons. The molecular formula is C20H19N3O. The topological polar surface area (TPSA) is 50.9 Å². The zero-order valence-corrected chi connectivity index (χ0v) is 14.0. The van der Waals surface area contributed by atoms with E-state index in [1.807, 2.05) is 42.5 Å². The Kier molecular flexibility index (Phi) is 3.10. The molecule has 0 radical (unpaired) electrons. The first-order chi connectivity index (χ1) is 11.4. The fourth-order valence-corrected chi connectivity index (χ4v) is 2.91. The molecule has 3 aromatic carbocycles. The van der Waals surface area contributed by atoms with Gasteiger partial charge in [-0.1, -0.05) is 57.2 Å². The standard InChI is InChI=1S/C20H19N3O/c1-20(2,3)14-9-11-18(24)17(12-14)23-21-16-10-8-13-6-4-5-7-15(13)19(16)22-23/h4-12,24H,1-3H3. The van der Waals surface area contributed by atoms with Crippen LogP contribution >= 0.6 is 0 Å². The monoisotopic (exact) mass is 317 g/mol. The molecule has 0 unspecified atom stereocenters. The number of hydrogen-bond acceptors (Lipinski definition) is 3. The molecule has 0 spiro atoms. The predicted octanol–water partition coefficient (Wildman–Crippen LogP) is 4.58. The van der Waals surface area contributed by atoms with Crippen molar-refractivity contribution in [3.8, 4) is 11.4 Å². The Hall–Kier alpha value is -2.88. The van der Waals surface area contributed by atoms with Crippen LogP contribution in [-0.4, -0.2) is 20.1 Å². The van der Waals surface area contributed by atoms with Crippen LogP contribution in [0.1, 0.15) is 26.3 Å². The van der Waals surface area contributed by atoms with Crippen LogP contribution in [0.5, 0.6) is 5.75 Å². The zero-order valence-electron chi connectivity index (χ0n) is 14.0. The van der Waals surface area contributed by atoms with E-state index in [2.05, 4.69) is 37.0 Å². The first kappa shape index (κ1) is 14.7. The van der Waals surface area contributed by atoms with Crippen LogP contribution in [0.25, 0.3) is 27.5 Å². The number of nitrogens with zero attached hydrogens (tertiary/aromatic N) is 3. The Balaban J connectivity index is 1.96. The number of benzene rings is 3. The van der Waals surface area contributed by atoms with Crippen molar-refractivity contribution in [3.63, 3.8) is 0 Å². The second kappa shape index (κ2) is 5.06. The Bertz CT molecular complexity index is 1060. The molecule has 0 saturated heterocycles. The summed E-state index contributed by atoms with van der Waals surface area (Å²) in [5.41, 5.74) is 3.37. The zero-order chi connectivity index (χ0) is 16.9.